The Bertz CT molecular complexity index is 1300. The lowest BCUT2D eigenvalue weighted by atomic mass is 9.99. The summed E-state index contributed by atoms with van der Waals surface area (Å²) in [6.45, 7) is 2.49. The number of aromatic nitrogens is 4. The maximum Gasteiger partial charge on any atom is 0.276 e. The maximum absolute atomic E-state index is 14.8. The SMILES string of the molecule is O=C(Nc1ccnnc1)c1n[nH]c2ccc(-c3cc(CN4CCCCC4)cc(F)c3F)cc12. The van der Waals surface area contributed by atoms with Gasteiger partial charge < -0.3 is 5.32 Å². The number of piperidine rings is 1. The minimum absolute atomic E-state index is 0.147. The van der Waals surface area contributed by atoms with Gasteiger partial charge in [0, 0.05) is 17.5 Å². The van der Waals surface area contributed by atoms with Crippen LogP contribution in [0.2, 0.25) is 0 Å². The zero-order chi connectivity index (χ0) is 22.8. The predicted octanol–water partition coefficient (Wildman–Crippen LogP) is 4.54. The highest BCUT2D eigenvalue weighted by Gasteiger charge is 2.19. The first-order valence-corrected chi connectivity index (χ1v) is 10.9. The van der Waals surface area contributed by atoms with Gasteiger partial charge in [0.15, 0.2) is 17.3 Å². The van der Waals surface area contributed by atoms with Crippen LogP contribution in [0.3, 0.4) is 0 Å². The van der Waals surface area contributed by atoms with Crippen molar-refractivity contribution >= 4 is 22.5 Å². The molecule has 2 aromatic carbocycles. The molecule has 0 atom stereocenters. The molecule has 4 aromatic rings. The highest BCUT2D eigenvalue weighted by molar-refractivity contribution is 6.11. The van der Waals surface area contributed by atoms with Gasteiger partial charge in [-0.05, 0) is 67.4 Å². The molecule has 0 spiro atoms. The number of nitrogens with one attached hydrogen (secondary N) is 2. The van der Waals surface area contributed by atoms with E-state index in [4.69, 9.17) is 0 Å². The largest absolute Gasteiger partial charge is 0.319 e. The van der Waals surface area contributed by atoms with Gasteiger partial charge >= 0.3 is 0 Å². The highest BCUT2D eigenvalue weighted by atomic mass is 19.2. The Labute approximate surface area is 188 Å². The Morgan fingerprint density at radius 1 is 1.06 bits per heavy atom. The van der Waals surface area contributed by atoms with Crippen LogP contribution in [0.4, 0.5) is 14.5 Å². The molecule has 1 aliphatic heterocycles. The molecule has 0 bridgehead atoms. The third kappa shape index (κ3) is 4.45. The van der Waals surface area contributed by atoms with Gasteiger partial charge in [0.1, 0.15) is 0 Å². The van der Waals surface area contributed by atoms with Crippen LogP contribution in [0.15, 0.2) is 48.8 Å². The Balaban J connectivity index is 1.48. The minimum Gasteiger partial charge on any atom is -0.319 e. The molecule has 9 heteroatoms. The standard InChI is InChI=1S/C24H22F2N6O/c25-20-11-15(14-32-8-2-1-3-9-32)10-18(22(20)26)16-4-5-21-19(12-16)23(31-30-21)24(33)29-17-6-7-27-28-13-17/h4-7,10-13H,1-3,8-9,14H2,(H,30,31)(H,27,29,33). The molecule has 0 saturated carbocycles. The zero-order valence-electron chi connectivity index (χ0n) is 17.8. The third-order valence-corrected chi connectivity index (χ3v) is 5.87. The molecule has 2 N–H and O–H groups in total. The summed E-state index contributed by atoms with van der Waals surface area (Å²) in [4.78, 5) is 15.0. The number of anilines is 1. The maximum atomic E-state index is 14.8. The van der Waals surface area contributed by atoms with Crippen LogP contribution in [0.1, 0.15) is 35.3 Å². The van der Waals surface area contributed by atoms with Crippen molar-refractivity contribution in [1.29, 1.82) is 0 Å². The lowest BCUT2D eigenvalue weighted by Crippen LogP contribution is -2.29. The van der Waals surface area contributed by atoms with Crippen molar-refractivity contribution in [1.82, 2.24) is 25.3 Å². The molecule has 5 rings (SSSR count). The van der Waals surface area contributed by atoms with E-state index in [1.165, 1.54) is 24.9 Å². The molecule has 33 heavy (non-hydrogen) atoms. The summed E-state index contributed by atoms with van der Waals surface area (Å²) in [7, 11) is 0. The summed E-state index contributed by atoms with van der Waals surface area (Å²) >= 11 is 0. The number of carbonyl (C=O) groups excluding carboxylic acids is 1. The fourth-order valence-corrected chi connectivity index (χ4v) is 4.23. The van der Waals surface area contributed by atoms with E-state index in [0.717, 1.165) is 31.5 Å². The van der Waals surface area contributed by atoms with Gasteiger partial charge in [-0.1, -0.05) is 12.5 Å². The lowest BCUT2D eigenvalue weighted by Gasteiger charge is -2.26. The summed E-state index contributed by atoms with van der Waals surface area (Å²) in [5, 5.41) is 17.5. The number of hydrogen-bond acceptors (Lipinski definition) is 5. The van der Waals surface area contributed by atoms with Crippen molar-refractivity contribution in [3.05, 3.63) is 71.7 Å². The first-order chi connectivity index (χ1) is 16.1. The van der Waals surface area contributed by atoms with Crippen molar-refractivity contribution in [2.75, 3.05) is 18.4 Å². The number of fused-ring (bicyclic) bond motifs is 1. The van der Waals surface area contributed by atoms with Gasteiger partial charge in [0.2, 0.25) is 0 Å². The molecular weight excluding hydrogens is 426 g/mol. The Morgan fingerprint density at radius 2 is 1.91 bits per heavy atom. The summed E-state index contributed by atoms with van der Waals surface area (Å²) in [6.07, 6.45) is 6.33. The first kappa shape index (κ1) is 21.1. The zero-order valence-corrected chi connectivity index (χ0v) is 17.8. The van der Waals surface area contributed by atoms with Crippen molar-refractivity contribution in [2.24, 2.45) is 0 Å². The van der Waals surface area contributed by atoms with E-state index in [1.54, 1.807) is 30.3 Å². The Hall–Kier alpha value is -3.72. The molecule has 1 fully saturated rings. The van der Waals surface area contributed by atoms with E-state index >= 15 is 0 Å². The number of rotatable bonds is 5. The second kappa shape index (κ2) is 9.03. The van der Waals surface area contributed by atoms with Crippen LogP contribution < -0.4 is 5.32 Å². The number of amides is 1. The lowest BCUT2D eigenvalue weighted by molar-refractivity contribution is 0.102. The number of H-pyrrole nitrogens is 1. The topological polar surface area (TPSA) is 86.8 Å². The normalized spacial score (nSPS) is 14.5. The molecule has 7 nitrogen and oxygen atoms in total. The van der Waals surface area contributed by atoms with E-state index < -0.39 is 17.5 Å². The number of benzene rings is 2. The number of carbonyl (C=O) groups is 1. The van der Waals surface area contributed by atoms with E-state index in [2.05, 4.69) is 30.6 Å². The van der Waals surface area contributed by atoms with E-state index in [1.807, 2.05) is 0 Å². The van der Waals surface area contributed by atoms with Crippen LogP contribution >= 0.6 is 0 Å². The van der Waals surface area contributed by atoms with Crippen LogP contribution in [-0.4, -0.2) is 44.3 Å². The van der Waals surface area contributed by atoms with Crippen LogP contribution in [0.25, 0.3) is 22.0 Å². The molecule has 3 heterocycles. The number of likely N-dealkylation sites (tertiary alicyclic amines) is 1. The van der Waals surface area contributed by atoms with Crippen LogP contribution in [-0.2, 0) is 6.54 Å². The average Bonchev–Trinajstić information content (AvgIpc) is 3.26. The first-order valence-electron chi connectivity index (χ1n) is 10.9. The molecular formula is C24H22F2N6O. The van der Waals surface area contributed by atoms with E-state index in [-0.39, 0.29) is 11.3 Å². The molecule has 0 aliphatic carbocycles. The summed E-state index contributed by atoms with van der Waals surface area (Å²) in [5.74, 6) is -2.24. The van der Waals surface area contributed by atoms with E-state index in [9.17, 15) is 13.6 Å². The predicted molar refractivity (Wildman–Crippen MR) is 121 cm³/mol. The van der Waals surface area contributed by atoms with Crippen molar-refractivity contribution in [3.63, 3.8) is 0 Å². The summed E-state index contributed by atoms with van der Waals surface area (Å²) in [6, 6.07) is 9.62. The smallest absolute Gasteiger partial charge is 0.276 e. The molecule has 1 amide bonds. The Morgan fingerprint density at radius 3 is 2.70 bits per heavy atom. The van der Waals surface area contributed by atoms with Crippen molar-refractivity contribution in [3.8, 4) is 11.1 Å². The average molecular weight is 448 g/mol. The molecule has 1 saturated heterocycles. The molecule has 1 aliphatic rings. The summed E-state index contributed by atoms with van der Waals surface area (Å²) in [5.41, 5.74) is 2.59. The van der Waals surface area contributed by atoms with Gasteiger partial charge in [-0.3, -0.25) is 14.8 Å². The van der Waals surface area contributed by atoms with E-state index in [0.29, 0.717) is 28.7 Å². The van der Waals surface area contributed by atoms with Crippen molar-refractivity contribution < 1.29 is 13.6 Å². The fraction of sp³-hybridized carbons (Fsp3) is 0.250. The van der Waals surface area contributed by atoms with Gasteiger partial charge in [0.25, 0.3) is 5.91 Å². The van der Waals surface area contributed by atoms with Gasteiger partial charge in [-0.2, -0.15) is 15.3 Å². The second-order valence-corrected chi connectivity index (χ2v) is 8.19. The number of halogens is 2. The van der Waals surface area contributed by atoms with Gasteiger partial charge in [-0.15, -0.1) is 0 Å². The van der Waals surface area contributed by atoms with Crippen LogP contribution in [0.5, 0.6) is 0 Å². The van der Waals surface area contributed by atoms with Gasteiger partial charge in [-0.25, -0.2) is 8.78 Å². The highest BCUT2D eigenvalue weighted by Crippen LogP contribution is 2.30. The quantitative estimate of drug-likeness (QED) is 0.468. The molecule has 0 unspecified atom stereocenters. The van der Waals surface area contributed by atoms with Crippen molar-refractivity contribution in [2.45, 2.75) is 25.8 Å². The number of nitrogens with zero attached hydrogens (tertiary/aromatic N) is 4. The van der Waals surface area contributed by atoms with Crippen LogP contribution in [0, 0.1) is 11.6 Å². The third-order valence-electron chi connectivity index (χ3n) is 5.87. The number of aromatic amines is 1. The fourth-order valence-electron chi connectivity index (χ4n) is 4.23. The summed E-state index contributed by atoms with van der Waals surface area (Å²) < 4.78 is 29.3. The molecule has 2 aromatic heterocycles. The number of hydrogen-bond donors (Lipinski definition) is 2. The minimum atomic E-state index is -0.908. The molecule has 0 radical (unpaired) electrons. The Kier molecular flexibility index (Phi) is 5.78. The second-order valence-electron chi connectivity index (χ2n) is 8.19. The van der Waals surface area contributed by atoms with Gasteiger partial charge in [0.05, 0.1) is 23.6 Å². The monoisotopic (exact) mass is 448 g/mol. The molecule has 168 valence electrons.